The summed E-state index contributed by atoms with van der Waals surface area (Å²) in [5.74, 6) is 0.00872. The van der Waals surface area contributed by atoms with E-state index < -0.39 is 5.41 Å². The Balaban J connectivity index is 1.58. The Morgan fingerprint density at radius 2 is 2.14 bits per heavy atom. The molecule has 1 aromatic carbocycles. The molecule has 2 heterocycles. The molecule has 1 aromatic heterocycles. The van der Waals surface area contributed by atoms with E-state index >= 15 is 0 Å². The first-order valence-corrected chi connectivity index (χ1v) is 10.2. The Kier molecular flexibility index (Phi) is 5.39. The Labute approximate surface area is 169 Å². The molecule has 6 nitrogen and oxygen atoms in total. The van der Waals surface area contributed by atoms with Gasteiger partial charge in [-0.2, -0.15) is 0 Å². The quantitative estimate of drug-likeness (QED) is 0.693. The Hall–Kier alpha value is -2.70. The summed E-state index contributed by atoms with van der Waals surface area (Å²) >= 11 is 0. The van der Waals surface area contributed by atoms with Gasteiger partial charge in [0.25, 0.3) is 0 Å². The van der Waals surface area contributed by atoms with Crippen LogP contribution in [0, 0.1) is 17.2 Å². The largest absolute Gasteiger partial charge is 0.466 e. The van der Waals surface area contributed by atoms with Gasteiger partial charge in [0.2, 0.25) is 5.91 Å². The summed E-state index contributed by atoms with van der Waals surface area (Å²) in [7, 11) is 0. The normalized spacial score (nSPS) is 21.8. The lowest BCUT2D eigenvalue weighted by molar-refractivity contribution is -0.161. The fourth-order valence-corrected chi connectivity index (χ4v) is 4.10. The highest BCUT2D eigenvalue weighted by atomic mass is 19.1. The van der Waals surface area contributed by atoms with Gasteiger partial charge in [0.1, 0.15) is 17.3 Å². The average Bonchev–Trinajstić information content (AvgIpc) is 3.48. The maximum atomic E-state index is 14.1. The molecule has 0 bridgehead atoms. The molecule has 1 saturated carbocycles. The Bertz CT molecular complexity index is 908. The third-order valence-corrected chi connectivity index (χ3v) is 5.74. The van der Waals surface area contributed by atoms with Crippen molar-refractivity contribution in [3.8, 4) is 11.3 Å². The molecule has 2 fully saturated rings. The summed E-state index contributed by atoms with van der Waals surface area (Å²) in [6, 6.07) is 8.01. The number of benzene rings is 1. The summed E-state index contributed by atoms with van der Waals surface area (Å²) in [4.78, 5) is 27.3. The molecule has 0 N–H and O–H groups in total. The third kappa shape index (κ3) is 4.04. The zero-order valence-corrected chi connectivity index (χ0v) is 16.5. The summed E-state index contributed by atoms with van der Waals surface area (Å²) in [5.41, 5.74) is -0.133. The van der Waals surface area contributed by atoms with Crippen molar-refractivity contribution in [2.24, 2.45) is 11.3 Å². The number of amides is 1. The predicted molar refractivity (Wildman–Crippen MR) is 103 cm³/mol. The maximum absolute atomic E-state index is 14.1. The molecule has 0 unspecified atom stereocenters. The summed E-state index contributed by atoms with van der Waals surface area (Å²) in [6.07, 6.45) is 3.45. The van der Waals surface area contributed by atoms with Crippen molar-refractivity contribution in [1.29, 1.82) is 0 Å². The topological polar surface area (TPSA) is 72.6 Å². The number of likely N-dealkylation sites (tertiary alicyclic amines) is 1. The predicted octanol–water partition coefficient (Wildman–Crippen LogP) is 3.61. The van der Waals surface area contributed by atoms with Crippen molar-refractivity contribution in [1.82, 2.24) is 10.1 Å². The van der Waals surface area contributed by atoms with Gasteiger partial charge in [-0.1, -0.05) is 17.3 Å². The standard InChI is InChI=1S/C22H25FN2O4/c1-2-28-21(27)22(10-5-11-25(14-22)20(26)15-8-9-15)13-16-12-19(24-29-16)17-6-3-4-7-18(17)23/h3-4,6-7,12,15H,2,5,8-11,13-14H2,1H3/t22-/m1/s1. The van der Waals surface area contributed by atoms with Gasteiger partial charge in [0.15, 0.2) is 0 Å². The van der Waals surface area contributed by atoms with Crippen LogP contribution in [-0.2, 0) is 20.7 Å². The van der Waals surface area contributed by atoms with Crippen LogP contribution in [0.2, 0.25) is 0 Å². The SMILES string of the molecule is CCOC(=O)[C@@]1(Cc2cc(-c3ccccc3F)no2)CCCN(C(=O)C2CC2)C1. The number of rotatable bonds is 6. The molecular weight excluding hydrogens is 375 g/mol. The second-order valence-electron chi connectivity index (χ2n) is 7.97. The first kappa shape index (κ1) is 19.6. The number of nitrogens with zero attached hydrogens (tertiary/aromatic N) is 2. The van der Waals surface area contributed by atoms with Crippen LogP contribution in [0.1, 0.15) is 38.4 Å². The van der Waals surface area contributed by atoms with E-state index in [0.717, 1.165) is 19.3 Å². The van der Waals surface area contributed by atoms with Crippen LogP contribution in [0.15, 0.2) is 34.9 Å². The molecule has 1 saturated heterocycles. The first-order valence-electron chi connectivity index (χ1n) is 10.2. The number of hydrogen-bond acceptors (Lipinski definition) is 5. The number of ether oxygens (including phenoxy) is 1. The molecule has 2 aromatic rings. The summed E-state index contributed by atoms with van der Waals surface area (Å²) < 4.78 is 24.9. The third-order valence-electron chi connectivity index (χ3n) is 5.74. The minimum atomic E-state index is -0.870. The number of piperidine rings is 1. The zero-order valence-electron chi connectivity index (χ0n) is 16.5. The first-order chi connectivity index (χ1) is 14.0. The van der Waals surface area contributed by atoms with Crippen LogP contribution in [0.5, 0.6) is 0 Å². The van der Waals surface area contributed by atoms with Crippen LogP contribution in [-0.4, -0.2) is 41.6 Å². The van der Waals surface area contributed by atoms with E-state index in [1.165, 1.54) is 6.07 Å². The van der Waals surface area contributed by atoms with Gasteiger partial charge in [-0.25, -0.2) is 4.39 Å². The van der Waals surface area contributed by atoms with Crippen LogP contribution in [0.25, 0.3) is 11.3 Å². The molecule has 154 valence electrons. The minimum Gasteiger partial charge on any atom is -0.466 e. The van der Waals surface area contributed by atoms with E-state index in [2.05, 4.69) is 5.16 Å². The van der Waals surface area contributed by atoms with Gasteiger partial charge < -0.3 is 14.2 Å². The number of carbonyl (C=O) groups excluding carboxylic acids is 2. The van der Waals surface area contributed by atoms with Gasteiger partial charge in [-0.15, -0.1) is 0 Å². The van der Waals surface area contributed by atoms with E-state index in [-0.39, 0.29) is 36.6 Å². The van der Waals surface area contributed by atoms with Gasteiger partial charge in [-0.3, -0.25) is 9.59 Å². The molecular formula is C22H25FN2O4. The van der Waals surface area contributed by atoms with E-state index in [9.17, 15) is 14.0 Å². The van der Waals surface area contributed by atoms with Crippen LogP contribution >= 0.6 is 0 Å². The molecule has 7 heteroatoms. The Morgan fingerprint density at radius 3 is 2.86 bits per heavy atom. The molecule has 1 aliphatic carbocycles. The maximum Gasteiger partial charge on any atom is 0.314 e. The van der Waals surface area contributed by atoms with Crippen molar-refractivity contribution >= 4 is 11.9 Å². The van der Waals surface area contributed by atoms with Crippen LogP contribution in [0.3, 0.4) is 0 Å². The summed E-state index contributed by atoms with van der Waals surface area (Å²) in [5, 5.41) is 3.99. The lowest BCUT2D eigenvalue weighted by Crippen LogP contribution is -2.52. The van der Waals surface area contributed by atoms with Crippen molar-refractivity contribution < 1.29 is 23.2 Å². The number of aromatic nitrogens is 1. The van der Waals surface area contributed by atoms with E-state index in [1.807, 2.05) is 0 Å². The lowest BCUT2D eigenvalue weighted by atomic mass is 9.76. The van der Waals surface area contributed by atoms with Crippen molar-refractivity contribution in [3.63, 3.8) is 0 Å². The monoisotopic (exact) mass is 400 g/mol. The van der Waals surface area contributed by atoms with Crippen LogP contribution in [0.4, 0.5) is 4.39 Å². The molecule has 2 aliphatic rings. The smallest absolute Gasteiger partial charge is 0.314 e. The van der Waals surface area contributed by atoms with Gasteiger partial charge in [0.05, 0.1) is 12.0 Å². The molecule has 29 heavy (non-hydrogen) atoms. The fraction of sp³-hybridized carbons (Fsp3) is 0.500. The van der Waals surface area contributed by atoms with Crippen molar-refractivity contribution in [2.75, 3.05) is 19.7 Å². The molecule has 1 amide bonds. The highest BCUT2D eigenvalue weighted by Gasteiger charge is 2.47. The van der Waals surface area contributed by atoms with E-state index in [1.54, 1.807) is 36.1 Å². The van der Waals surface area contributed by atoms with Gasteiger partial charge >= 0.3 is 5.97 Å². The van der Waals surface area contributed by atoms with E-state index in [0.29, 0.717) is 36.5 Å². The van der Waals surface area contributed by atoms with Gasteiger partial charge in [-0.05, 0) is 44.7 Å². The van der Waals surface area contributed by atoms with Crippen molar-refractivity contribution in [2.45, 2.75) is 39.0 Å². The highest BCUT2D eigenvalue weighted by Crippen LogP contribution is 2.39. The molecule has 1 aliphatic heterocycles. The molecule has 0 radical (unpaired) electrons. The number of halogens is 1. The zero-order chi connectivity index (χ0) is 20.4. The second kappa shape index (κ2) is 7.97. The summed E-state index contributed by atoms with van der Waals surface area (Å²) in [6.45, 7) is 3.02. The van der Waals surface area contributed by atoms with E-state index in [4.69, 9.17) is 9.26 Å². The number of hydrogen-bond donors (Lipinski definition) is 0. The highest BCUT2D eigenvalue weighted by molar-refractivity contribution is 5.83. The number of esters is 1. The van der Waals surface area contributed by atoms with Gasteiger partial charge in [0, 0.05) is 37.1 Å². The van der Waals surface area contributed by atoms with Crippen LogP contribution < -0.4 is 0 Å². The molecule has 0 spiro atoms. The lowest BCUT2D eigenvalue weighted by Gasteiger charge is -2.40. The number of carbonyl (C=O) groups is 2. The fourth-order valence-electron chi connectivity index (χ4n) is 4.10. The molecule has 4 rings (SSSR count). The Morgan fingerprint density at radius 1 is 1.34 bits per heavy atom. The van der Waals surface area contributed by atoms with Crippen molar-refractivity contribution in [3.05, 3.63) is 41.9 Å². The molecule has 1 atom stereocenters. The average molecular weight is 400 g/mol. The minimum absolute atomic E-state index is 0.103. The second-order valence-corrected chi connectivity index (χ2v) is 7.97.